The highest BCUT2D eigenvalue weighted by molar-refractivity contribution is 7.87. The summed E-state index contributed by atoms with van der Waals surface area (Å²) in [6, 6.07) is 11.4. The van der Waals surface area contributed by atoms with Gasteiger partial charge in [-0.15, -0.1) is 0 Å². The molecule has 10 heteroatoms. The molecule has 0 saturated heterocycles. The first kappa shape index (κ1) is 22.0. The van der Waals surface area contributed by atoms with Crippen LogP contribution in [0.3, 0.4) is 0 Å². The van der Waals surface area contributed by atoms with Gasteiger partial charge in [-0.1, -0.05) is 64.6 Å². The third-order valence-corrected chi connectivity index (χ3v) is 7.02. The zero-order valence-corrected chi connectivity index (χ0v) is 18.1. The molecular weight excluding hydrogens is 482 g/mol. The lowest BCUT2D eigenvalue weighted by atomic mass is 9.83. The minimum absolute atomic E-state index is 0.0207. The second kappa shape index (κ2) is 7.87. The number of benzene rings is 3. The first-order valence-corrected chi connectivity index (χ1v) is 10.8. The standard InChI is InChI=1S/C19H12Cl4O5S/c20-11-5-10(6-13(24)7-11)19(29(26,27)28,14-3-1-2-4-17(14)25)15-8-12(21)9-16(22)18(15)23/h1-9,24-25H,(H,26,27,28). The van der Waals surface area contributed by atoms with Crippen LogP contribution >= 0.6 is 46.4 Å². The van der Waals surface area contributed by atoms with E-state index in [4.69, 9.17) is 46.4 Å². The van der Waals surface area contributed by atoms with Gasteiger partial charge in [-0.05, 0) is 42.0 Å². The Kier molecular flexibility index (Phi) is 5.98. The van der Waals surface area contributed by atoms with E-state index in [0.717, 1.165) is 6.07 Å². The van der Waals surface area contributed by atoms with Crippen molar-refractivity contribution in [1.29, 1.82) is 0 Å². The number of halogens is 4. The Morgan fingerprint density at radius 3 is 2.00 bits per heavy atom. The minimum atomic E-state index is -5.13. The molecule has 29 heavy (non-hydrogen) atoms. The number of rotatable bonds is 4. The maximum atomic E-state index is 13.0. The maximum Gasteiger partial charge on any atom is 0.283 e. The maximum absolute atomic E-state index is 13.0. The molecule has 0 spiro atoms. The number of hydrogen-bond acceptors (Lipinski definition) is 4. The fourth-order valence-electron chi connectivity index (χ4n) is 3.24. The van der Waals surface area contributed by atoms with Crippen LogP contribution < -0.4 is 0 Å². The average molecular weight is 494 g/mol. The Bertz CT molecular complexity index is 1190. The van der Waals surface area contributed by atoms with Gasteiger partial charge in [0, 0.05) is 21.2 Å². The SMILES string of the molecule is O=S(=O)(O)C(c1cc(O)cc(Cl)c1)(c1ccccc1O)c1cc(Cl)cc(Cl)c1Cl. The largest absolute Gasteiger partial charge is 0.508 e. The molecule has 1 atom stereocenters. The van der Waals surface area contributed by atoms with Gasteiger partial charge >= 0.3 is 0 Å². The van der Waals surface area contributed by atoms with Crippen molar-refractivity contribution < 1.29 is 23.2 Å². The van der Waals surface area contributed by atoms with E-state index >= 15 is 0 Å². The van der Waals surface area contributed by atoms with Crippen LogP contribution in [0, 0.1) is 0 Å². The average Bonchev–Trinajstić information content (AvgIpc) is 2.59. The lowest BCUT2D eigenvalue weighted by Gasteiger charge is -2.34. The molecule has 5 nitrogen and oxygen atoms in total. The van der Waals surface area contributed by atoms with Gasteiger partial charge in [0.05, 0.1) is 10.0 Å². The van der Waals surface area contributed by atoms with Crippen LogP contribution in [0.15, 0.2) is 54.6 Å². The number of phenols is 2. The van der Waals surface area contributed by atoms with E-state index < -0.39 is 20.6 Å². The summed E-state index contributed by atoms with van der Waals surface area (Å²) < 4.78 is 33.9. The number of para-hydroxylation sites is 1. The molecule has 3 rings (SSSR count). The summed E-state index contributed by atoms with van der Waals surface area (Å²) in [7, 11) is -5.13. The Hall–Kier alpha value is -1.67. The Labute approximate surface area is 186 Å². The molecular formula is C19H12Cl4O5S. The van der Waals surface area contributed by atoms with Gasteiger partial charge in [-0.2, -0.15) is 8.42 Å². The van der Waals surface area contributed by atoms with Crippen molar-refractivity contribution in [2.24, 2.45) is 0 Å². The molecule has 3 aromatic rings. The summed E-state index contributed by atoms with van der Waals surface area (Å²) in [6.45, 7) is 0. The molecule has 0 fully saturated rings. The smallest absolute Gasteiger partial charge is 0.283 e. The normalized spacial score (nSPS) is 13.8. The number of hydrogen-bond donors (Lipinski definition) is 3. The predicted molar refractivity (Wildman–Crippen MR) is 114 cm³/mol. The highest BCUT2D eigenvalue weighted by Gasteiger charge is 2.52. The van der Waals surface area contributed by atoms with Crippen LogP contribution in [0.4, 0.5) is 0 Å². The summed E-state index contributed by atoms with van der Waals surface area (Å²) in [5, 5.41) is 20.3. The van der Waals surface area contributed by atoms with E-state index in [-0.39, 0.29) is 42.5 Å². The van der Waals surface area contributed by atoms with E-state index in [2.05, 4.69) is 0 Å². The lowest BCUT2D eigenvalue weighted by Crippen LogP contribution is -2.38. The summed E-state index contributed by atoms with van der Waals surface area (Å²) in [4.78, 5) is 0. The molecule has 3 N–H and O–H groups in total. The van der Waals surface area contributed by atoms with Crippen molar-refractivity contribution in [2.45, 2.75) is 4.75 Å². The second-order valence-corrected chi connectivity index (χ2v) is 9.34. The van der Waals surface area contributed by atoms with Crippen LogP contribution in [0.2, 0.25) is 20.1 Å². The van der Waals surface area contributed by atoms with Crippen molar-refractivity contribution in [3.05, 3.63) is 91.4 Å². The molecule has 0 amide bonds. The van der Waals surface area contributed by atoms with Crippen LogP contribution in [-0.4, -0.2) is 23.2 Å². The summed E-state index contributed by atoms with van der Waals surface area (Å²) in [5.41, 5.74) is -0.668. The van der Waals surface area contributed by atoms with Gasteiger partial charge in [-0.25, -0.2) is 0 Å². The second-order valence-electron chi connectivity index (χ2n) is 6.12. The van der Waals surface area contributed by atoms with Crippen molar-refractivity contribution in [2.75, 3.05) is 0 Å². The highest BCUT2D eigenvalue weighted by atomic mass is 35.5. The highest BCUT2D eigenvalue weighted by Crippen LogP contribution is 2.51. The zero-order valence-electron chi connectivity index (χ0n) is 14.3. The van der Waals surface area contributed by atoms with Gasteiger partial charge in [0.1, 0.15) is 11.5 Å². The Morgan fingerprint density at radius 1 is 0.793 bits per heavy atom. The van der Waals surface area contributed by atoms with Gasteiger partial charge < -0.3 is 10.2 Å². The van der Waals surface area contributed by atoms with E-state index in [0.29, 0.717) is 0 Å². The molecule has 0 bridgehead atoms. The lowest BCUT2D eigenvalue weighted by molar-refractivity contribution is 0.439. The summed E-state index contributed by atoms with van der Waals surface area (Å²) >= 11 is 24.6. The molecule has 0 radical (unpaired) electrons. The third-order valence-electron chi connectivity index (χ3n) is 4.33. The molecule has 0 aliphatic heterocycles. The molecule has 152 valence electrons. The van der Waals surface area contributed by atoms with Crippen LogP contribution in [-0.2, 0) is 14.9 Å². The molecule has 0 aliphatic carbocycles. The van der Waals surface area contributed by atoms with Crippen LogP contribution in [0.5, 0.6) is 11.5 Å². The Morgan fingerprint density at radius 2 is 1.41 bits per heavy atom. The minimum Gasteiger partial charge on any atom is -0.508 e. The summed E-state index contributed by atoms with van der Waals surface area (Å²) in [6.07, 6.45) is 0. The molecule has 0 heterocycles. The zero-order chi connectivity index (χ0) is 21.6. The molecule has 0 aliphatic rings. The van der Waals surface area contributed by atoms with Gasteiger partial charge in [0.2, 0.25) is 0 Å². The van der Waals surface area contributed by atoms with Gasteiger partial charge in [0.15, 0.2) is 4.75 Å². The predicted octanol–water partition coefficient (Wildman–Crippen LogP) is 5.89. The monoisotopic (exact) mass is 492 g/mol. The van der Waals surface area contributed by atoms with Gasteiger partial charge in [-0.3, -0.25) is 4.55 Å². The van der Waals surface area contributed by atoms with Crippen molar-refractivity contribution >= 4 is 56.5 Å². The van der Waals surface area contributed by atoms with E-state index in [9.17, 15) is 23.2 Å². The van der Waals surface area contributed by atoms with Gasteiger partial charge in [0.25, 0.3) is 10.1 Å². The van der Waals surface area contributed by atoms with Crippen molar-refractivity contribution in [3.63, 3.8) is 0 Å². The molecule has 0 aromatic heterocycles. The first-order valence-electron chi connectivity index (χ1n) is 7.89. The fourth-order valence-corrected chi connectivity index (χ4v) is 5.58. The van der Waals surface area contributed by atoms with Crippen molar-refractivity contribution in [1.82, 2.24) is 0 Å². The molecule has 0 saturated carbocycles. The van der Waals surface area contributed by atoms with Crippen LogP contribution in [0.1, 0.15) is 16.7 Å². The summed E-state index contributed by atoms with van der Waals surface area (Å²) in [5.74, 6) is -0.836. The van der Waals surface area contributed by atoms with E-state index in [1.54, 1.807) is 0 Å². The third kappa shape index (κ3) is 3.77. The fraction of sp³-hybridized carbons (Fsp3) is 0.0526. The topological polar surface area (TPSA) is 94.8 Å². The van der Waals surface area contributed by atoms with E-state index in [1.165, 1.54) is 48.5 Å². The van der Waals surface area contributed by atoms with Crippen molar-refractivity contribution in [3.8, 4) is 11.5 Å². The molecule has 1 unspecified atom stereocenters. The first-order chi connectivity index (χ1) is 13.5. The quantitative estimate of drug-likeness (QED) is 0.239. The van der Waals surface area contributed by atoms with E-state index in [1.807, 2.05) is 0 Å². The Balaban J connectivity index is 2.65. The number of phenolic OH excluding ortho intramolecular Hbond substituents is 2. The van der Waals surface area contributed by atoms with Crippen LogP contribution in [0.25, 0.3) is 0 Å². The number of aromatic hydroxyl groups is 2. The molecule has 3 aromatic carbocycles.